The summed E-state index contributed by atoms with van der Waals surface area (Å²) in [5.74, 6) is -1.45. The van der Waals surface area contributed by atoms with Crippen LogP contribution in [0.1, 0.15) is 29.2 Å². The van der Waals surface area contributed by atoms with Gasteiger partial charge in [0.05, 0.1) is 11.3 Å². The van der Waals surface area contributed by atoms with Gasteiger partial charge in [0.25, 0.3) is 11.8 Å². The molecule has 2 aromatic carbocycles. The molecule has 2 rings (SSSR count). The van der Waals surface area contributed by atoms with E-state index in [2.05, 4.69) is 20.4 Å². The quantitative estimate of drug-likeness (QED) is 0.453. The van der Waals surface area contributed by atoms with E-state index >= 15 is 0 Å². The van der Waals surface area contributed by atoms with Crippen molar-refractivity contribution in [3.05, 3.63) is 70.8 Å². The molecule has 8 nitrogen and oxygen atoms in total. The Morgan fingerprint density at radius 1 is 1.00 bits per heavy atom. The molecule has 1 N–H and O–H groups in total. The number of hydrogen-bond acceptors (Lipinski definition) is 7. The Morgan fingerprint density at radius 2 is 1.67 bits per heavy atom. The summed E-state index contributed by atoms with van der Waals surface area (Å²) in [6.07, 6.45) is -4.42. The smallest absolute Gasteiger partial charge is 0.398 e. The maximum atomic E-state index is 12.7. The minimum Gasteiger partial charge on any atom is -0.398 e. The SMILES string of the molecule is COCC(=O)NC(=O)C(=NOC)c1ccccc1CON=C(C)c1ccc(C(F)(F)F)cc1. The molecule has 0 aliphatic carbocycles. The van der Waals surface area contributed by atoms with Gasteiger partial charge >= 0.3 is 6.18 Å². The Bertz CT molecular complexity index is 1030. The minimum absolute atomic E-state index is 0.0871. The van der Waals surface area contributed by atoms with E-state index < -0.39 is 23.6 Å². The standard InChI is InChI=1S/C22H22F3N3O5/c1-14(15-8-10-17(11-9-15)22(23,24)25)27-33-12-16-6-4-5-7-18(16)20(28-32-3)21(30)26-19(29)13-31-2/h4-11H,12-13H2,1-3H3,(H,26,29,30). The van der Waals surface area contributed by atoms with Crippen molar-refractivity contribution >= 4 is 23.2 Å². The van der Waals surface area contributed by atoms with Crippen LogP contribution in [-0.2, 0) is 36.8 Å². The van der Waals surface area contributed by atoms with Gasteiger partial charge in [0, 0.05) is 18.2 Å². The molecular weight excluding hydrogens is 443 g/mol. The summed E-state index contributed by atoms with van der Waals surface area (Å²) in [6, 6.07) is 11.1. The third kappa shape index (κ3) is 7.42. The molecule has 0 spiro atoms. The fourth-order valence-corrected chi connectivity index (χ4v) is 2.69. The van der Waals surface area contributed by atoms with Crippen LogP contribution in [0.5, 0.6) is 0 Å². The van der Waals surface area contributed by atoms with Crippen molar-refractivity contribution in [3.8, 4) is 0 Å². The first-order valence-electron chi connectivity index (χ1n) is 9.54. The molecule has 0 unspecified atom stereocenters. The Kier molecular flexibility index (Phi) is 9.10. The molecule has 0 atom stereocenters. The summed E-state index contributed by atoms with van der Waals surface area (Å²) in [7, 11) is 2.56. The molecule has 0 aliphatic heterocycles. The zero-order chi connectivity index (χ0) is 24.4. The number of nitrogens with zero attached hydrogens (tertiary/aromatic N) is 2. The Morgan fingerprint density at radius 3 is 2.27 bits per heavy atom. The second-order valence-electron chi connectivity index (χ2n) is 6.62. The summed E-state index contributed by atoms with van der Waals surface area (Å²) in [5, 5.41) is 9.79. The Balaban J connectivity index is 2.17. The summed E-state index contributed by atoms with van der Waals surface area (Å²) in [6.45, 7) is 1.19. The number of halogens is 3. The van der Waals surface area contributed by atoms with Crippen molar-refractivity contribution in [1.82, 2.24) is 5.32 Å². The molecule has 11 heteroatoms. The van der Waals surface area contributed by atoms with Gasteiger partial charge in [0.1, 0.15) is 20.3 Å². The van der Waals surface area contributed by atoms with Crippen LogP contribution >= 0.6 is 0 Å². The third-order valence-corrected chi connectivity index (χ3v) is 4.25. The normalized spacial score (nSPS) is 12.3. The highest BCUT2D eigenvalue weighted by Gasteiger charge is 2.30. The number of rotatable bonds is 9. The van der Waals surface area contributed by atoms with E-state index in [1.807, 2.05) is 0 Å². The van der Waals surface area contributed by atoms with E-state index in [9.17, 15) is 22.8 Å². The molecule has 0 aromatic heterocycles. The van der Waals surface area contributed by atoms with Crippen LogP contribution in [0.4, 0.5) is 13.2 Å². The molecule has 2 amide bonds. The number of ether oxygens (including phenoxy) is 1. The zero-order valence-corrected chi connectivity index (χ0v) is 18.1. The number of hydrogen-bond donors (Lipinski definition) is 1. The second kappa shape index (κ2) is 11.8. The average molecular weight is 465 g/mol. The Hall–Kier alpha value is -3.73. The van der Waals surface area contributed by atoms with E-state index in [0.717, 1.165) is 12.1 Å². The number of alkyl halides is 3. The van der Waals surface area contributed by atoms with E-state index in [1.165, 1.54) is 26.4 Å². The van der Waals surface area contributed by atoms with Gasteiger partial charge in [-0.05, 0) is 24.6 Å². The number of oxime groups is 2. The minimum atomic E-state index is -4.42. The van der Waals surface area contributed by atoms with Gasteiger partial charge in [0.2, 0.25) is 0 Å². The number of methoxy groups -OCH3 is 1. The van der Waals surface area contributed by atoms with Crippen LogP contribution in [-0.4, -0.2) is 44.1 Å². The maximum Gasteiger partial charge on any atom is 0.416 e. The van der Waals surface area contributed by atoms with Crippen LogP contribution in [0.25, 0.3) is 0 Å². The summed E-state index contributed by atoms with van der Waals surface area (Å²) in [5.41, 5.74) is 0.727. The van der Waals surface area contributed by atoms with Crippen LogP contribution in [0, 0.1) is 0 Å². The first kappa shape index (κ1) is 25.5. The fourth-order valence-electron chi connectivity index (χ4n) is 2.69. The molecule has 0 radical (unpaired) electrons. The number of imide groups is 1. The number of benzene rings is 2. The third-order valence-electron chi connectivity index (χ3n) is 4.25. The maximum absolute atomic E-state index is 12.7. The van der Waals surface area contributed by atoms with Crippen molar-refractivity contribution in [1.29, 1.82) is 0 Å². The van der Waals surface area contributed by atoms with E-state index in [-0.39, 0.29) is 18.9 Å². The van der Waals surface area contributed by atoms with Gasteiger partial charge in [-0.1, -0.05) is 46.7 Å². The topological polar surface area (TPSA) is 98.6 Å². The number of amides is 2. The molecule has 0 aliphatic rings. The molecule has 0 heterocycles. The van der Waals surface area contributed by atoms with Crippen molar-refractivity contribution in [2.24, 2.45) is 10.3 Å². The van der Waals surface area contributed by atoms with Crippen molar-refractivity contribution < 1.29 is 37.2 Å². The largest absolute Gasteiger partial charge is 0.416 e. The second-order valence-corrected chi connectivity index (χ2v) is 6.62. The molecule has 176 valence electrons. The lowest BCUT2D eigenvalue weighted by Crippen LogP contribution is -2.38. The van der Waals surface area contributed by atoms with Gasteiger partial charge in [-0.2, -0.15) is 13.2 Å². The van der Waals surface area contributed by atoms with Crippen LogP contribution in [0.15, 0.2) is 58.8 Å². The first-order valence-corrected chi connectivity index (χ1v) is 9.54. The molecule has 0 saturated heterocycles. The van der Waals surface area contributed by atoms with Crippen molar-refractivity contribution in [2.45, 2.75) is 19.7 Å². The van der Waals surface area contributed by atoms with Gasteiger partial charge in [-0.25, -0.2) is 0 Å². The summed E-state index contributed by atoms with van der Waals surface area (Å²) >= 11 is 0. The molecule has 0 fully saturated rings. The number of carbonyl (C=O) groups is 2. The number of carbonyl (C=O) groups excluding carboxylic acids is 2. The molecular formula is C22H22F3N3O5. The average Bonchev–Trinajstić information content (AvgIpc) is 2.77. The van der Waals surface area contributed by atoms with Gasteiger partial charge in [-0.3, -0.25) is 14.9 Å². The van der Waals surface area contributed by atoms with Crippen LogP contribution in [0.3, 0.4) is 0 Å². The summed E-state index contributed by atoms with van der Waals surface area (Å²) < 4.78 is 42.8. The predicted molar refractivity (Wildman–Crippen MR) is 113 cm³/mol. The van der Waals surface area contributed by atoms with Crippen LogP contribution < -0.4 is 5.32 Å². The molecule has 0 saturated carbocycles. The zero-order valence-electron chi connectivity index (χ0n) is 18.1. The van der Waals surface area contributed by atoms with Gasteiger partial charge < -0.3 is 14.4 Å². The first-order chi connectivity index (χ1) is 15.7. The Labute approximate surface area is 188 Å². The van der Waals surface area contributed by atoms with E-state index in [4.69, 9.17) is 9.68 Å². The van der Waals surface area contributed by atoms with Gasteiger partial charge in [0.15, 0.2) is 5.71 Å². The summed E-state index contributed by atoms with van der Waals surface area (Å²) in [4.78, 5) is 34.3. The highest BCUT2D eigenvalue weighted by Crippen LogP contribution is 2.29. The molecule has 2 aromatic rings. The number of nitrogens with one attached hydrogen (secondary N) is 1. The van der Waals surface area contributed by atoms with Crippen LogP contribution in [0.2, 0.25) is 0 Å². The molecule has 0 bridgehead atoms. The fraction of sp³-hybridized carbons (Fsp3) is 0.273. The highest BCUT2D eigenvalue weighted by atomic mass is 19.4. The molecule has 33 heavy (non-hydrogen) atoms. The van der Waals surface area contributed by atoms with Crippen molar-refractivity contribution in [3.63, 3.8) is 0 Å². The lowest BCUT2D eigenvalue weighted by Gasteiger charge is -2.11. The van der Waals surface area contributed by atoms with E-state index in [1.54, 1.807) is 31.2 Å². The highest BCUT2D eigenvalue weighted by molar-refractivity contribution is 6.47. The van der Waals surface area contributed by atoms with E-state index in [0.29, 0.717) is 22.4 Å². The lowest BCUT2D eigenvalue weighted by atomic mass is 10.0. The van der Waals surface area contributed by atoms with Gasteiger partial charge in [-0.15, -0.1) is 0 Å². The monoisotopic (exact) mass is 465 g/mol. The van der Waals surface area contributed by atoms with Crippen molar-refractivity contribution in [2.75, 3.05) is 20.8 Å². The lowest BCUT2D eigenvalue weighted by molar-refractivity contribution is -0.137. The predicted octanol–water partition coefficient (Wildman–Crippen LogP) is 3.29.